The van der Waals surface area contributed by atoms with Crippen LogP contribution in [-0.2, 0) is 5.41 Å². The van der Waals surface area contributed by atoms with E-state index in [0.717, 1.165) is 0 Å². The van der Waals surface area contributed by atoms with Gasteiger partial charge in [0.1, 0.15) is 0 Å². The van der Waals surface area contributed by atoms with Gasteiger partial charge in [-0.05, 0) is 64.6 Å². The zero-order valence-electron chi connectivity index (χ0n) is 18.5. The molecule has 0 N–H and O–H groups in total. The Morgan fingerprint density at radius 1 is 0.455 bits per heavy atom. The zero-order chi connectivity index (χ0) is 22.0. The number of anilines is 3. The smallest absolute Gasteiger partial charge is 0.0754 e. The first-order chi connectivity index (χ1) is 16.3. The molecule has 0 unspecified atom stereocenters. The molecule has 33 heavy (non-hydrogen) atoms. The maximum atomic E-state index is 2.43. The highest BCUT2D eigenvalue weighted by Gasteiger charge is 2.51. The number of rotatable bonds is 1. The molecule has 1 aliphatic carbocycles. The summed E-state index contributed by atoms with van der Waals surface area (Å²) in [6.45, 7) is 2.14. The molecule has 5 aromatic carbocycles. The maximum absolute atomic E-state index is 2.43. The lowest BCUT2D eigenvalue weighted by Gasteiger charge is -2.45. The number of hydrogen-bond acceptors (Lipinski definition) is 1. The average Bonchev–Trinajstić information content (AvgIpc) is 3.17. The second-order valence-electron chi connectivity index (χ2n) is 9.05. The van der Waals surface area contributed by atoms with Gasteiger partial charge in [-0.2, -0.15) is 0 Å². The van der Waals surface area contributed by atoms with E-state index in [1.54, 1.807) is 0 Å². The number of hydrogen-bond donors (Lipinski definition) is 0. The molecule has 5 aromatic rings. The summed E-state index contributed by atoms with van der Waals surface area (Å²) < 4.78 is 0. The molecule has 1 aliphatic heterocycles. The zero-order valence-corrected chi connectivity index (χ0v) is 18.5. The Bertz CT molecular complexity index is 1430. The van der Waals surface area contributed by atoms with Crippen molar-refractivity contribution in [3.63, 3.8) is 0 Å². The number of benzene rings is 5. The third kappa shape index (κ3) is 2.32. The van der Waals surface area contributed by atoms with E-state index in [4.69, 9.17) is 0 Å². The molecule has 0 bridgehead atoms. The Morgan fingerprint density at radius 3 is 1.39 bits per heavy atom. The Morgan fingerprint density at radius 2 is 0.879 bits per heavy atom. The van der Waals surface area contributed by atoms with Gasteiger partial charge < -0.3 is 4.90 Å². The fourth-order valence-corrected chi connectivity index (χ4v) is 6.03. The summed E-state index contributed by atoms with van der Waals surface area (Å²) in [7, 11) is 0. The molecule has 0 saturated heterocycles. The van der Waals surface area contributed by atoms with Crippen LogP contribution >= 0.6 is 0 Å². The highest BCUT2D eigenvalue weighted by atomic mass is 15.2. The SMILES string of the molecule is Cc1ccc(N2c3ccccc3C3(c4ccccc4-c4ccccc43)c3ccccc32)cc1. The first-order valence-electron chi connectivity index (χ1n) is 11.6. The molecule has 2 aliphatic rings. The van der Waals surface area contributed by atoms with Gasteiger partial charge in [0.05, 0.1) is 16.8 Å². The van der Waals surface area contributed by atoms with Crippen molar-refractivity contribution in [2.75, 3.05) is 4.90 Å². The minimum atomic E-state index is -0.332. The first-order valence-corrected chi connectivity index (χ1v) is 11.6. The number of fused-ring (bicyclic) bond motifs is 9. The molecule has 0 fully saturated rings. The lowest BCUT2D eigenvalue weighted by Crippen LogP contribution is -2.36. The second-order valence-corrected chi connectivity index (χ2v) is 9.05. The lowest BCUT2D eigenvalue weighted by atomic mass is 9.64. The number of para-hydroxylation sites is 2. The molecular weight excluding hydrogens is 398 g/mol. The summed E-state index contributed by atoms with van der Waals surface area (Å²) in [5, 5.41) is 0. The van der Waals surface area contributed by atoms with Crippen molar-refractivity contribution in [1.82, 2.24) is 0 Å². The van der Waals surface area contributed by atoms with Crippen LogP contribution in [0.1, 0.15) is 27.8 Å². The van der Waals surface area contributed by atoms with E-state index in [1.807, 2.05) is 0 Å². The molecule has 1 nitrogen and oxygen atoms in total. The van der Waals surface area contributed by atoms with Crippen LogP contribution in [0.3, 0.4) is 0 Å². The molecule has 0 amide bonds. The third-order valence-corrected chi connectivity index (χ3v) is 7.34. The predicted octanol–water partition coefficient (Wildman–Crippen LogP) is 8.14. The van der Waals surface area contributed by atoms with Gasteiger partial charge in [0.2, 0.25) is 0 Å². The van der Waals surface area contributed by atoms with Crippen molar-refractivity contribution in [2.45, 2.75) is 12.3 Å². The average molecular weight is 422 g/mol. The monoisotopic (exact) mass is 421 g/mol. The highest BCUT2D eigenvalue weighted by Crippen LogP contribution is 2.63. The minimum Gasteiger partial charge on any atom is -0.310 e. The van der Waals surface area contributed by atoms with E-state index in [9.17, 15) is 0 Å². The summed E-state index contributed by atoms with van der Waals surface area (Å²) in [5.41, 5.74) is 12.7. The predicted molar refractivity (Wildman–Crippen MR) is 137 cm³/mol. The van der Waals surface area contributed by atoms with Gasteiger partial charge in [-0.15, -0.1) is 0 Å². The number of nitrogens with zero attached hydrogens (tertiary/aromatic N) is 1. The van der Waals surface area contributed by atoms with Crippen molar-refractivity contribution >= 4 is 17.1 Å². The Balaban J connectivity index is 1.65. The second kappa shape index (κ2) is 6.70. The van der Waals surface area contributed by atoms with Crippen LogP contribution in [0.5, 0.6) is 0 Å². The Labute approximate surface area is 194 Å². The van der Waals surface area contributed by atoms with E-state index in [1.165, 1.54) is 56.0 Å². The Hall–Kier alpha value is -4.10. The van der Waals surface area contributed by atoms with Crippen LogP contribution in [0.25, 0.3) is 11.1 Å². The maximum Gasteiger partial charge on any atom is 0.0754 e. The first kappa shape index (κ1) is 18.5. The lowest BCUT2D eigenvalue weighted by molar-refractivity contribution is 0.752. The van der Waals surface area contributed by atoms with Gasteiger partial charge in [0.15, 0.2) is 0 Å². The molecule has 0 radical (unpaired) electrons. The van der Waals surface area contributed by atoms with Crippen molar-refractivity contribution < 1.29 is 0 Å². The van der Waals surface area contributed by atoms with Gasteiger partial charge >= 0.3 is 0 Å². The van der Waals surface area contributed by atoms with Crippen molar-refractivity contribution in [3.05, 3.63) is 149 Å². The molecule has 156 valence electrons. The molecule has 1 spiro atoms. The van der Waals surface area contributed by atoms with Gasteiger partial charge in [-0.3, -0.25) is 0 Å². The van der Waals surface area contributed by atoms with Crippen LogP contribution in [0.2, 0.25) is 0 Å². The molecule has 7 rings (SSSR count). The highest BCUT2D eigenvalue weighted by molar-refractivity contribution is 5.95. The largest absolute Gasteiger partial charge is 0.310 e. The normalized spacial score (nSPS) is 14.4. The molecule has 1 heterocycles. The van der Waals surface area contributed by atoms with E-state index in [-0.39, 0.29) is 5.41 Å². The fourth-order valence-electron chi connectivity index (χ4n) is 6.03. The third-order valence-electron chi connectivity index (χ3n) is 7.34. The molecule has 0 atom stereocenters. The van der Waals surface area contributed by atoms with Crippen molar-refractivity contribution in [2.24, 2.45) is 0 Å². The molecule has 0 saturated carbocycles. The van der Waals surface area contributed by atoms with E-state index in [2.05, 4.69) is 133 Å². The summed E-state index contributed by atoms with van der Waals surface area (Å²) in [4.78, 5) is 2.43. The summed E-state index contributed by atoms with van der Waals surface area (Å²) in [5.74, 6) is 0. The van der Waals surface area contributed by atoms with E-state index in [0.29, 0.717) is 0 Å². The van der Waals surface area contributed by atoms with Crippen LogP contribution in [0.15, 0.2) is 121 Å². The van der Waals surface area contributed by atoms with Crippen LogP contribution in [0, 0.1) is 6.92 Å². The number of aryl methyl sites for hydroxylation is 1. The summed E-state index contributed by atoms with van der Waals surface area (Å²) in [6, 6.07) is 44.7. The van der Waals surface area contributed by atoms with Crippen molar-refractivity contribution in [1.29, 1.82) is 0 Å². The fraction of sp³-hybridized carbons (Fsp3) is 0.0625. The van der Waals surface area contributed by atoms with E-state index >= 15 is 0 Å². The van der Waals surface area contributed by atoms with Crippen LogP contribution < -0.4 is 4.90 Å². The van der Waals surface area contributed by atoms with Gasteiger partial charge in [-0.1, -0.05) is 103 Å². The van der Waals surface area contributed by atoms with Gasteiger partial charge in [0.25, 0.3) is 0 Å². The van der Waals surface area contributed by atoms with Gasteiger partial charge in [-0.25, -0.2) is 0 Å². The van der Waals surface area contributed by atoms with Gasteiger partial charge in [0, 0.05) is 5.69 Å². The van der Waals surface area contributed by atoms with Crippen molar-refractivity contribution in [3.8, 4) is 11.1 Å². The van der Waals surface area contributed by atoms with Crippen LogP contribution in [0.4, 0.5) is 17.1 Å². The standard InChI is InChI=1S/C32H23N/c1-22-18-20-23(21-19-22)33-30-16-8-6-14-28(30)32(29-15-7-9-17-31(29)33)26-12-4-2-10-24(26)25-11-3-5-13-27(25)32/h2-21H,1H3. The minimum absolute atomic E-state index is 0.332. The van der Waals surface area contributed by atoms with E-state index < -0.39 is 0 Å². The van der Waals surface area contributed by atoms with Crippen LogP contribution in [-0.4, -0.2) is 0 Å². The molecule has 0 aromatic heterocycles. The molecule has 1 heteroatoms. The Kier molecular flexibility index (Phi) is 3.75. The quantitative estimate of drug-likeness (QED) is 0.258. The summed E-state index contributed by atoms with van der Waals surface area (Å²) >= 11 is 0. The summed E-state index contributed by atoms with van der Waals surface area (Å²) in [6.07, 6.45) is 0. The topological polar surface area (TPSA) is 3.24 Å². The molecular formula is C32H23N.